The molecule has 4 nitrogen and oxygen atoms in total. The van der Waals surface area contributed by atoms with Crippen LogP contribution in [0.4, 0.5) is 0 Å². The van der Waals surface area contributed by atoms with E-state index < -0.39 is 0 Å². The van der Waals surface area contributed by atoms with Gasteiger partial charge in [0.05, 0.1) is 7.11 Å². The van der Waals surface area contributed by atoms with Crippen molar-refractivity contribution in [2.45, 2.75) is 46.1 Å². The third kappa shape index (κ3) is 7.16. The molecule has 0 radical (unpaired) electrons. The molecule has 0 fully saturated rings. The van der Waals surface area contributed by atoms with Gasteiger partial charge in [-0.1, -0.05) is 32.1 Å². The molecule has 1 rings (SSSR count). The van der Waals surface area contributed by atoms with Gasteiger partial charge < -0.3 is 15.2 Å². The highest BCUT2D eigenvalue weighted by Crippen LogP contribution is 2.26. The average Bonchev–Trinajstić information content (AvgIpc) is 2.48. The van der Waals surface area contributed by atoms with Crippen LogP contribution in [0.25, 0.3) is 0 Å². The van der Waals surface area contributed by atoms with Gasteiger partial charge in [0.1, 0.15) is 0 Å². The molecule has 0 bridgehead atoms. The maximum absolute atomic E-state index is 11.7. The molecule has 0 aliphatic heterocycles. The van der Waals surface area contributed by atoms with E-state index in [0.29, 0.717) is 24.6 Å². The summed E-state index contributed by atoms with van der Waals surface area (Å²) in [7, 11) is 1.51. The number of carbonyl (C=O) groups is 1. The molecule has 0 aliphatic rings. The van der Waals surface area contributed by atoms with Crippen molar-refractivity contribution < 1.29 is 14.6 Å². The summed E-state index contributed by atoms with van der Waals surface area (Å²) in [5.74, 6) is 1.16. The van der Waals surface area contributed by atoms with Gasteiger partial charge in [0, 0.05) is 13.0 Å². The first kappa shape index (κ1) is 18.1. The second kappa shape index (κ2) is 9.87. The smallest absolute Gasteiger partial charge is 0.220 e. The number of methoxy groups -OCH3 is 1. The number of unbranched alkanes of at least 4 members (excludes halogenated alkanes) is 2. The fraction of sp³-hybridized carbons (Fsp3) is 0.500. The second-order valence-electron chi connectivity index (χ2n) is 5.70. The van der Waals surface area contributed by atoms with E-state index in [2.05, 4.69) is 31.3 Å². The number of carbonyl (C=O) groups excluding carboxylic acids is 1. The van der Waals surface area contributed by atoms with Crippen LogP contribution < -0.4 is 10.1 Å². The van der Waals surface area contributed by atoms with E-state index in [-0.39, 0.29) is 11.7 Å². The normalized spacial score (nSPS) is 11.1. The fourth-order valence-electron chi connectivity index (χ4n) is 2.05. The van der Waals surface area contributed by atoms with Gasteiger partial charge in [0.15, 0.2) is 11.5 Å². The largest absolute Gasteiger partial charge is 0.504 e. The van der Waals surface area contributed by atoms with Crippen LogP contribution in [0.1, 0.15) is 45.1 Å². The second-order valence-corrected chi connectivity index (χ2v) is 5.70. The summed E-state index contributed by atoms with van der Waals surface area (Å²) in [5, 5.41) is 12.5. The van der Waals surface area contributed by atoms with Crippen LogP contribution in [-0.2, 0) is 11.3 Å². The molecule has 0 aliphatic carbocycles. The number of aromatic hydroxyl groups is 1. The Labute approximate surface area is 133 Å². The van der Waals surface area contributed by atoms with Crippen molar-refractivity contribution in [3.8, 4) is 11.5 Å². The number of hydrogen-bond acceptors (Lipinski definition) is 3. The van der Waals surface area contributed by atoms with Crippen molar-refractivity contribution in [2.24, 2.45) is 5.92 Å². The van der Waals surface area contributed by atoms with Crippen molar-refractivity contribution >= 4 is 5.91 Å². The van der Waals surface area contributed by atoms with E-state index in [1.54, 1.807) is 12.1 Å². The molecule has 0 aromatic heterocycles. The topological polar surface area (TPSA) is 58.6 Å². The third-order valence-corrected chi connectivity index (χ3v) is 3.28. The van der Waals surface area contributed by atoms with Gasteiger partial charge in [-0.05, 0) is 42.9 Å². The first-order valence-electron chi connectivity index (χ1n) is 7.82. The molecule has 1 aromatic rings. The van der Waals surface area contributed by atoms with Gasteiger partial charge >= 0.3 is 0 Å². The highest BCUT2D eigenvalue weighted by atomic mass is 16.5. The van der Waals surface area contributed by atoms with E-state index in [1.165, 1.54) is 7.11 Å². The fourth-order valence-corrected chi connectivity index (χ4v) is 2.05. The van der Waals surface area contributed by atoms with Crippen LogP contribution in [-0.4, -0.2) is 18.1 Å². The Bertz CT molecular complexity index is 495. The van der Waals surface area contributed by atoms with Gasteiger partial charge in [-0.2, -0.15) is 0 Å². The minimum absolute atomic E-state index is 0.0446. The molecule has 0 saturated heterocycles. The summed E-state index contributed by atoms with van der Waals surface area (Å²) in [5.41, 5.74) is 0.853. The molecule has 0 spiro atoms. The highest BCUT2D eigenvalue weighted by Gasteiger charge is 2.04. The number of nitrogens with one attached hydrogen (secondary N) is 1. The van der Waals surface area contributed by atoms with Crippen molar-refractivity contribution in [2.75, 3.05) is 7.11 Å². The quantitative estimate of drug-likeness (QED) is 0.539. The van der Waals surface area contributed by atoms with Crippen LogP contribution in [0.3, 0.4) is 0 Å². The number of hydrogen-bond donors (Lipinski definition) is 2. The molecule has 22 heavy (non-hydrogen) atoms. The standard InChI is InChI=1S/C18H27NO3/c1-14(2)8-6-4-5-7-9-18(21)19-13-15-10-11-17(22-3)16(20)12-15/h6,8,10-12,14,20H,4-5,7,9,13H2,1-3H3,(H,19,21). The molecular weight excluding hydrogens is 278 g/mol. The highest BCUT2D eigenvalue weighted by molar-refractivity contribution is 5.75. The zero-order valence-electron chi connectivity index (χ0n) is 13.8. The maximum Gasteiger partial charge on any atom is 0.220 e. The Balaban J connectivity index is 2.22. The number of phenolic OH excluding ortho intramolecular Hbond substituents is 1. The summed E-state index contributed by atoms with van der Waals surface area (Å²) in [6.45, 7) is 4.73. The maximum atomic E-state index is 11.7. The Hall–Kier alpha value is -1.97. The van der Waals surface area contributed by atoms with Crippen LogP contribution in [0, 0.1) is 5.92 Å². The molecule has 0 heterocycles. The van der Waals surface area contributed by atoms with Gasteiger partial charge in [0.25, 0.3) is 0 Å². The van der Waals surface area contributed by atoms with Crippen molar-refractivity contribution in [3.63, 3.8) is 0 Å². The van der Waals surface area contributed by atoms with Gasteiger partial charge in [-0.15, -0.1) is 0 Å². The lowest BCUT2D eigenvalue weighted by Gasteiger charge is -2.08. The van der Waals surface area contributed by atoms with Crippen molar-refractivity contribution in [1.29, 1.82) is 0 Å². The Morgan fingerprint density at radius 2 is 2.14 bits per heavy atom. The summed E-state index contributed by atoms with van der Waals surface area (Å²) in [6.07, 6.45) is 7.86. The minimum Gasteiger partial charge on any atom is -0.504 e. The van der Waals surface area contributed by atoms with Crippen LogP contribution in [0.2, 0.25) is 0 Å². The number of allylic oxidation sites excluding steroid dienone is 2. The molecule has 2 N–H and O–H groups in total. The molecule has 0 atom stereocenters. The van der Waals surface area contributed by atoms with E-state index in [0.717, 1.165) is 24.8 Å². The predicted octanol–water partition coefficient (Wildman–Crippen LogP) is 3.79. The Morgan fingerprint density at radius 1 is 1.36 bits per heavy atom. The lowest BCUT2D eigenvalue weighted by Crippen LogP contribution is -2.22. The number of ether oxygens (including phenoxy) is 1. The van der Waals surface area contributed by atoms with Crippen LogP contribution >= 0.6 is 0 Å². The first-order chi connectivity index (χ1) is 10.5. The molecule has 122 valence electrons. The molecule has 0 unspecified atom stereocenters. The zero-order valence-corrected chi connectivity index (χ0v) is 13.8. The molecule has 4 heteroatoms. The first-order valence-corrected chi connectivity index (χ1v) is 7.82. The van der Waals surface area contributed by atoms with Crippen molar-refractivity contribution in [3.05, 3.63) is 35.9 Å². The zero-order chi connectivity index (χ0) is 16.4. The summed E-state index contributed by atoms with van der Waals surface area (Å²) >= 11 is 0. The predicted molar refractivity (Wildman–Crippen MR) is 89.0 cm³/mol. The molecule has 1 amide bonds. The summed E-state index contributed by atoms with van der Waals surface area (Å²) in [6, 6.07) is 5.13. The number of phenols is 1. The SMILES string of the molecule is COc1ccc(CNC(=O)CCCCC=CC(C)C)cc1O. The number of rotatable bonds is 9. The van der Waals surface area contributed by atoms with Gasteiger partial charge in [-0.25, -0.2) is 0 Å². The number of benzene rings is 1. The summed E-state index contributed by atoms with van der Waals surface area (Å²) < 4.78 is 4.98. The van der Waals surface area contributed by atoms with Crippen LogP contribution in [0.5, 0.6) is 11.5 Å². The molecule has 0 saturated carbocycles. The molecule has 1 aromatic carbocycles. The lowest BCUT2D eigenvalue weighted by molar-refractivity contribution is -0.121. The van der Waals surface area contributed by atoms with Crippen LogP contribution in [0.15, 0.2) is 30.4 Å². The van der Waals surface area contributed by atoms with E-state index >= 15 is 0 Å². The summed E-state index contributed by atoms with van der Waals surface area (Å²) in [4.78, 5) is 11.7. The van der Waals surface area contributed by atoms with Gasteiger partial charge in [-0.3, -0.25) is 4.79 Å². The Morgan fingerprint density at radius 3 is 2.77 bits per heavy atom. The van der Waals surface area contributed by atoms with E-state index in [1.807, 2.05) is 6.07 Å². The Kier molecular flexibility index (Phi) is 8.11. The average molecular weight is 305 g/mol. The van der Waals surface area contributed by atoms with E-state index in [9.17, 15) is 9.90 Å². The third-order valence-electron chi connectivity index (χ3n) is 3.28. The van der Waals surface area contributed by atoms with Crippen molar-refractivity contribution in [1.82, 2.24) is 5.32 Å². The minimum atomic E-state index is 0.0446. The molecular formula is C18H27NO3. The monoisotopic (exact) mass is 305 g/mol. The van der Waals surface area contributed by atoms with E-state index in [4.69, 9.17) is 4.74 Å². The number of amides is 1. The lowest BCUT2D eigenvalue weighted by atomic mass is 10.1. The van der Waals surface area contributed by atoms with Gasteiger partial charge in [0.2, 0.25) is 5.91 Å².